The molecule has 0 aliphatic carbocycles. The Morgan fingerprint density at radius 2 is 1.84 bits per heavy atom. The molecule has 0 spiro atoms. The first kappa shape index (κ1) is 22.1. The van der Waals surface area contributed by atoms with Gasteiger partial charge in [0.25, 0.3) is 5.91 Å². The lowest BCUT2D eigenvalue weighted by Crippen LogP contribution is -2.35. The van der Waals surface area contributed by atoms with Crippen LogP contribution in [0.4, 0.5) is 0 Å². The normalized spacial score (nSPS) is 16.9. The van der Waals surface area contributed by atoms with Crippen LogP contribution < -0.4 is 9.47 Å². The molecule has 0 saturated carbocycles. The first-order valence-corrected chi connectivity index (χ1v) is 11.2. The van der Waals surface area contributed by atoms with Gasteiger partial charge < -0.3 is 9.47 Å². The van der Waals surface area contributed by atoms with Crippen LogP contribution in [-0.4, -0.2) is 40.2 Å². The molecule has 2 aliphatic heterocycles. The van der Waals surface area contributed by atoms with Crippen molar-refractivity contribution in [2.75, 3.05) is 13.2 Å². The Morgan fingerprint density at radius 1 is 1.12 bits per heavy atom. The Morgan fingerprint density at radius 3 is 2.56 bits per heavy atom. The van der Waals surface area contributed by atoms with Gasteiger partial charge in [0.1, 0.15) is 29.8 Å². The molecule has 164 valence electrons. The number of para-hydroxylation sites is 1. The van der Waals surface area contributed by atoms with E-state index in [1.54, 1.807) is 30.3 Å². The molecule has 0 unspecified atom stereocenters. The number of carbonyl (C=O) groups is 1. The van der Waals surface area contributed by atoms with Crippen molar-refractivity contribution in [3.63, 3.8) is 0 Å². The first-order chi connectivity index (χ1) is 15.4. The lowest BCUT2D eigenvalue weighted by Gasteiger charge is -2.20. The van der Waals surface area contributed by atoms with Gasteiger partial charge in [-0.05, 0) is 47.7 Å². The number of amides is 1. The number of carbonyl (C=O) groups excluding carboxylic acids is 1. The maximum Gasteiger partial charge on any atom is 0.283 e. The first-order valence-electron chi connectivity index (χ1n) is 10.0. The molecule has 0 fully saturated rings. The Kier molecular flexibility index (Phi) is 6.62. The number of nitrogens with zero attached hydrogens (tertiary/aromatic N) is 3. The van der Waals surface area contributed by atoms with Gasteiger partial charge in [-0.25, -0.2) is 0 Å². The molecule has 0 radical (unpaired) electrons. The van der Waals surface area contributed by atoms with E-state index in [1.165, 1.54) is 16.8 Å². The van der Waals surface area contributed by atoms with Crippen LogP contribution in [0.5, 0.6) is 11.5 Å². The largest absolute Gasteiger partial charge is 0.490 e. The molecule has 0 aromatic heterocycles. The summed E-state index contributed by atoms with van der Waals surface area (Å²) in [6.45, 7) is 4.74. The minimum absolute atomic E-state index is 0.0280. The van der Waals surface area contributed by atoms with Crippen molar-refractivity contribution in [3.8, 4) is 11.5 Å². The molecule has 2 aromatic carbocycles. The molecule has 4 rings (SSSR count). The number of benzene rings is 2. The minimum Gasteiger partial charge on any atom is -0.490 e. The van der Waals surface area contributed by atoms with E-state index in [2.05, 4.69) is 10.1 Å². The minimum atomic E-state index is -0.439. The summed E-state index contributed by atoms with van der Waals surface area (Å²) in [4.78, 5) is 16.6. The van der Waals surface area contributed by atoms with Crippen LogP contribution in [-0.2, 0) is 4.79 Å². The zero-order valence-electron chi connectivity index (χ0n) is 17.5. The number of nitrogens with one attached hydrogen (secondary N) is 1. The predicted molar refractivity (Wildman–Crippen MR) is 129 cm³/mol. The SMILES string of the molecule is CC(C)C1=NN2C(=N)C(=Cc3ccc(OCCOc4ccccc4Cl)cc3)C(=O)N=C2S1. The number of hydrazone groups is 1. The molecule has 1 N–H and O–H groups in total. The van der Waals surface area contributed by atoms with E-state index in [0.717, 1.165) is 10.6 Å². The fourth-order valence-electron chi connectivity index (χ4n) is 2.94. The summed E-state index contributed by atoms with van der Waals surface area (Å²) in [6, 6.07) is 14.5. The van der Waals surface area contributed by atoms with Gasteiger partial charge in [-0.3, -0.25) is 10.2 Å². The summed E-state index contributed by atoms with van der Waals surface area (Å²) in [6.07, 6.45) is 1.64. The Balaban J connectivity index is 1.37. The second-order valence-corrected chi connectivity index (χ2v) is 8.70. The Hall–Kier alpha value is -3.10. The molecule has 9 heteroatoms. The third kappa shape index (κ3) is 4.87. The molecule has 32 heavy (non-hydrogen) atoms. The van der Waals surface area contributed by atoms with Crippen LogP contribution in [0.3, 0.4) is 0 Å². The molecule has 0 saturated heterocycles. The number of fused-ring (bicyclic) bond motifs is 1. The highest BCUT2D eigenvalue weighted by atomic mass is 35.5. The smallest absolute Gasteiger partial charge is 0.283 e. The van der Waals surface area contributed by atoms with E-state index in [-0.39, 0.29) is 17.3 Å². The quantitative estimate of drug-likeness (QED) is 0.452. The number of hydrogen-bond acceptors (Lipinski definition) is 6. The molecule has 0 bridgehead atoms. The number of amidine groups is 2. The summed E-state index contributed by atoms with van der Waals surface area (Å²) in [7, 11) is 0. The van der Waals surface area contributed by atoms with Crippen LogP contribution >= 0.6 is 23.4 Å². The number of rotatable bonds is 7. The third-order valence-corrected chi connectivity index (χ3v) is 6.12. The van der Waals surface area contributed by atoms with E-state index in [4.69, 9.17) is 26.5 Å². The maximum absolute atomic E-state index is 12.5. The van der Waals surface area contributed by atoms with Crippen LogP contribution in [0.25, 0.3) is 6.08 Å². The summed E-state index contributed by atoms with van der Waals surface area (Å²) in [5.74, 6) is 1.08. The van der Waals surface area contributed by atoms with Crippen molar-refractivity contribution in [2.45, 2.75) is 13.8 Å². The third-order valence-electron chi connectivity index (χ3n) is 4.60. The topological polar surface area (TPSA) is 87.3 Å². The second kappa shape index (κ2) is 9.58. The van der Waals surface area contributed by atoms with E-state index >= 15 is 0 Å². The predicted octanol–water partition coefficient (Wildman–Crippen LogP) is 5.07. The Labute approximate surface area is 195 Å². The molecular formula is C23H21ClN4O3S. The van der Waals surface area contributed by atoms with Crippen molar-refractivity contribution < 1.29 is 14.3 Å². The summed E-state index contributed by atoms with van der Waals surface area (Å²) in [5, 5.41) is 16.1. The van der Waals surface area contributed by atoms with Gasteiger partial charge in [-0.2, -0.15) is 15.1 Å². The molecule has 1 amide bonds. The maximum atomic E-state index is 12.5. The van der Waals surface area contributed by atoms with Gasteiger partial charge in [0.05, 0.1) is 10.6 Å². The van der Waals surface area contributed by atoms with Crippen LogP contribution in [0.2, 0.25) is 5.02 Å². The van der Waals surface area contributed by atoms with Crippen molar-refractivity contribution in [1.82, 2.24) is 5.01 Å². The fourth-order valence-corrected chi connectivity index (χ4v) is 4.02. The van der Waals surface area contributed by atoms with Crippen molar-refractivity contribution in [2.24, 2.45) is 16.0 Å². The monoisotopic (exact) mass is 468 g/mol. The fraction of sp³-hybridized carbons (Fsp3) is 0.217. The van der Waals surface area contributed by atoms with E-state index in [0.29, 0.717) is 34.9 Å². The van der Waals surface area contributed by atoms with Crippen molar-refractivity contribution >= 4 is 51.4 Å². The molecule has 7 nitrogen and oxygen atoms in total. The molecule has 2 aliphatic rings. The molecule has 0 atom stereocenters. The number of halogens is 1. The van der Waals surface area contributed by atoms with Crippen molar-refractivity contribution in [1.29, 1.82) is 5.41 Å². The van der Waals surface area contributed by atoms with Crippen LogP contribution in [0.15, 0.2) is 64.2 Å². The lowest BCUT2D eigenvalue weighted by atomic mass is 10.1. The standard InChI is InChI=1S/C23H21ClN4O3S/c1-14(2)22-27-28-20(25)17(21(29)26-23(28)32-22)13-15-7-9-16(10-8-15)30-11-12-31-19-6-4-3-5-18(19)24/h3-10,13-14,25H,11-12H2,1-2H3. The highest BCUT2D eigenvalue weighted by molar-refractivity contribution is 8.27. The molecule has 2 heterocycles. The van der Waals surface area contributed by atoms with Gasteiger partial charge in [-0.1, -0.05) is 49.7 Å². The number of thioether (sulfide) groups is 1. The van der Waals surface area contributed by atoms with E-state index < -0.39 is 5.91 Å². The van der Waals surface area contributed by atoms with Gasteiger partial charge in [0, 0.05) is 5.92 Å². The number of ether oxygens (including phenoxy) is 2. The van der Waals surface area contributed by atoms with Gasteiger partial charge in [0.2, 0.25) is 5.17 Å². The summed E-state index contributed by atoms with van der Waals surface area (Å²) in [5.41, 5.74) is 0.959. The number of aliphatic imine (C=N–C) groups is 1. The summed E-state index contributed by atoms with van der Waals surface area (Å²) < 4.78 is 11.3. The van der Waals surface area contributed by atoms with Crippen LogP contribution in [0, 0.1) is 11.3 Å². The second-order valence-electron chi connectivity index (χ2n) is 7.31. The Bertz CT molecular complexity index is 1140. The zero-order chi connectivity index (χ0) is 22.7. The van der Waals surface area contributed by atoms with Gasteiger partial charge in [-0.15, -0.1) is 0 Å². The lowest BCUT2D eigenvalue weighted by molar-refractivity contribution is -0.114. The van der Waals surface area contributed by atoms with Crippen LogP contribution in [0.1, 0.15) is 19.4 Å². The van der Waals surface area contributed by atoms with Gasteiger partial charge in [0.15, 0.2) is 5.84 Å². The highest BCUT2D eigenvalue weighted by Crippen LogP contribution is 2.31. The summed E-state index contributed by atoms with van der Waals surface area (Å²) >= 11 is 7.39. The van der Waals surface area contributed by atoms with E-state index in [9.17, 15) is 4.79 Å². The average molecular weight is 469 g/mol. The van der Waals surface area contributed by atoms with Crippen molar-refractivity contribution in [3.05, 3.63) is 64.7 Å². The zero-order valence-corrected chi connectivity index (χ0v) is 19.1. The van der Waals surface area contributed by atoms with E-state index in [1.807, 2.05) is 38.1 Å². The van der Waals surface area contributed by atoms with Gasteiger partial charge >= 0.3 is 0 Å². The number of hydrogen-bond donors (Lipinski definition) is 1. The average Bonchev–Trinajstić information content (AvgIpc) is 3.21. The molecular weight excluding hydrogens is 448 g/mol. The highest BCUT2D eigenvalue weighted by Gasteiger charge is 2.36. The molecule has 2 aromatic rings.